The topological polar surface area (TPSA) is 72.2 Å². The number of benzene rings is 1. The molecule has 0 N–H and O–H groups in total. The van der Waals surface area contributed by atoms with E-state index in [1.165, 1.54) is 4.70 Å². The summed E-state index contributed by atoms with van der Waals surface area (Å²) in [7, 11) is 0. The van der Waals surface area contributed by atoms with Gasteiger partial charge in [0.15, 0.2) is 11.0 Å². The molecular formula is C22H31N7OS. The summed E-state index contributed by atoms with van der Waals surface area (Å²) in [5.41, 5.74) is 1.09. The van der Waals surface area contributed by atoms with E-state index in [9.17, 15) is 0 Å². The second kappa shape index (κ2) is 9.18. The van der Waals surface area contributed by atoms with Gasteiger partial charge >= 0.3 is 0 Å². The Kier molecular flexibility index (Phi) is 6.15. The van der Waals surface area contributed by atoms with Gasteiger partial charge in [-0.2, -0.15) is 0 Å². The molecule has 4 heterocycles. The molecule has 2 aliphatic heterocycles. The lowest BCUT2D eigenvalue weighted by Crippen LogP contribution is -2.48. The molecule has 0 bridgehead atoms. The number of thiazole rings is 1. The van der Waals surface area contributed by atoms with E-state index in [1.807, 2.05) is 4.68 Å². The van der Waals surface area contributed by atoms with E-state index in [0.717, 1.165) is 75.1 Å². The molecule has 2 aromatic heterocycles. The number of aromatic nitrogens is 5. The van der Waals surface area contributed by atoms with Crippen molar-refractivity contribution in [3.05, 3.63) is 30.1 Å². The Hall–Kier alpha value is -2.10. The Morgan fingerprint density at radius 1 is 1.16 bits per heavy atom. The third-order valence-electron chi connectivity index (χ3n) is 6.26. The van der Waals surface area contributed by atoms with Crippen molar-refractivity contribution in [3.8, 4) is 0 Å². The predicted molar refractivity (Wildman–Crippen MR) is 122 cm³/mol. The van der Waals surface area contributed by atoms with Crippen molar-refractivity contribution in [2.75, 3.05) is 37.7 Å². The summed E-state index contributed by atoms with van der Waals surface area (Å²) in [6.45, 7) is 10.1. The lowest BCUT2D eigenvalue weighted by molar-refractivity contribution is 0.0885. The molecule has 2 atom stereocenters. The molecule has 0 saturated carbocycles. The van der Waals surface area contributed by atoms with Crippen LogP contribution in [0.4, 0.5) is 5.13 Å². The van der Waals surface area contributed by atoms with Gasteiger partial charge in [-0.3, -0.25) is 4.90 Å². The van der Waals surface area contributed by atoms with Gasteiger partial charge in [-0.25, -0.2) is 9.67 Å². The van der Waals surface area contributed by atoms with Gasteiger partial charge in [0.25, 0.3) is 0 Å². The Balaban J connectivity index is 1.29. The SMILES string of the molecule is CC(C)C[C@H](c1nnnn1C[C@@H]1CCCO1)N1CCN(c2nc3ccccc3s2)CC1. The van der Waals surface area contributed by atoms with Crippen LogP contribution in [0, 0.1) is 5.92 Å². The molecule has 0 aliphatic carbocycles. The number of hydrogen-bond acceptors (Lipinski definition) is 8. The van der Waals surface area contributed by atoms with Gasteiger partial charge in [0, 0.05) is 32.8 Å². The van der Waals surface area contributed by atoms with Crippen LogP contribution in [-0.2, 0) is 11.3 Å². The minimum absolute atomic E-state index is 0.230. The first kappa shape index (κ1) is 20.8. The third-order valence-corrected chi connectivity index (χ3v) is 7.36. The number of para-hydroxylation sites is 1. The van der Waals surface area contributed by atoms with Crippen LogP contribution in [0.15, 0.2) is 24.3 Å². The summed E-state index contributed by atoms with van der Waals surface area (Å²) in [6, 6.07) is 8.62. The van der Waals surface area contributed by atoms with Crippen LogP contribution in [0.2, 0.25) is 0 Å². The molecule has 1 aromatic carbocycles. The van der Waals surface area contributed by atoms with Crippen molar-refractivity contribution < 1.29 is 4.74 Å². The number of rotatable bonds is 7. The van der Waals surface area contributed by atoms with Gasteiger partial charge in [0.2, 0.25) is 0 Å². The van der Waals surface area contributed by atoms with Crippen molar-refractivity contribution in [2.45, 2.75) is 51.8 Å². The van der Waals surface area contributed by atoms with Crippen molar-refractivity contribution >= 4 is 26.7 Å². The fraction of sp³-hybridized carbons (Fsp3) is 0.636. The van der Waals surface area contributed by atoms with Gasteiger partial charge in [-0.1, -0.05) is 37.3 Å². The number of ether oxygens (including phenoxy) is 1. The first-order valence-corrected chi connectivity index (χ1v) is 12.2. The summed E-state index contributed by atoms with van der Waals surface area (Å²) in [4.78, 5) is 9.83. The number of nitrogens with zero attached hydrogens (tertiary/aromatic N) is 7. The minimum atomic E-state index is 0.230. The maximum absolute atomic E-state index is 5.83. The van der Waals surface area contributed by atoms with Gasteiger partial charge < -0.3 is 9.64 Å². The molecule has 0 amide bonds. The zero-order chi connectivity index (χ0) is 21.2. The van der Waals surface area contributed by atoms with E-state index in [2.05, 4.69) is 63.4 Å². The molecule has 0 radical (unpaired) electrons. The number of hydrogen-bond donors (Lipinski definition) is 0. The van der Waals surface area contributed by atoms with Crippen LogP contribution in [0.1, 0.15) is 45.0 Å². The average Bonchev–Trinajstić information content (AvgIpc) is 3.53. The number of fused-ring (bicyclic) bond motifs is 1. The minimum Gasteiger partial charge on any atom is -0.376 e. The molecule has 8 nitrogen and oxygen atoms in total. The van der Waals surface area contributed by atoms with Crippen LogP contribution in [-0.4, -0.2) is 69.0 Å². The number of anilines is 1. The Labute approximate surface area is 187 Å². The summed E-state index contributed by atoms with van der Waals surface area (Å²) in [5, 5.41) is 14.0. The summed E-state index contributed by atoms with van der Waals surface area (Å²) >= 11 is 1.79. The lowest BCUT2D eigenvalue weighted by Gasteiger charge is -2.39. The molecule has 0 unspecified atom stereocenters. The molecule has 2 saturated heterocycles. The van der Waals surface area contributed by atoms with Gasteiger partial charge in [0.1, 0.15) is 0 Å². The Morgan fingerprint density at radius 2 is 2.00 bits per heavy atom. The highest BCUT2D eigenvalue weighted by Gasteiger charge is 2.31. The van der Waals surface area contributed by atoms with Gasteiger partial charge in [0.05, 0.1) is 28.9 Å². The van der Waals surface area contributed by atoms with E-state index in [1.54, 1.807) is 11.3 Å². The Bertz CT molecular complexity index is 956. The predicted octanol–water partition coefficient (Wildman–Crippen LogP) is 3.37. The van der Waals surface area contributed by atoms with E-state index in [4.69, 9.17) is 9.72 Å². The van der Waals surface area contributed by atoms with Crippen LogP contribution >= 0.6 is 11.3 Å². The molecule has 31 heavy (non-hydrogen) atoms. The standard InChI is InChI=1S/C22H31N7OS/c1-16(2)14-19(21-24-25-26-29(21)15-17-6-5-13-30-17)27-9-11-28(12-10-27)22-23-18-7-3-4-8-20(18)31-22/h3-4,7-8,16-17,19H,5-6,9-15H2,1-2H3/t17-,19+/m0/s1. The third kappa shape index (κ3) is 4.58. The van der Waals surface area contributed by atoms with E-state index >= 15 is 0 Å². The molecule has 2 aliphatic rings. The summed E-state index contributed by atoms with van der Waals surface area (Å²) < 4.78 is 9.08. The second-order valence-electron chi connectivity index (χ2n) is 8.99. The zero-order valence-electron chi connectivity index (χ0n) is 18.4. The number of tetrazole rings is 1. The maximum atomic E-state index is 5.83. The van der Waals surface area contributed by atoms with Gasteiger partial charge in [-0.15, -0.1) is 5.10 Å². The molecule has 2 fully saturated rings. The highest BCUT2D eigenvalue weighted by atomic mass is 32.1. The van der Waals surface area contributed by atoms with Crippen molar-refractivity contribution in [1.82, 2.24) is 30.1 Å². The maximum Gasteiger partial charge on any atom is 0.186 e. The molecular weight excluding hydrogens is 410 g/mol. The first-order chi connectivity index (χ1) is 15.2. The number of piperazine rings is 1. The lowest BCUT2D eigenvalue weighted by atomic mass is 10.0. The van der Waals surface area contributed by atoms with Gasteiger partial charge in [-0.05, 0) is 47.7 Å². The normalized spacial score (nSPS) is 21.4. The second-order valence-corrected chi connectivity index (χ2v) is 10.00. The summed E-state index contributed by atoms with van der Waals surface area (Å²) in [6.07, 6.45) is 3.51. The fourth-order valence-corrected chi connectivity index (χ4v) is 5.66. The monoisotopic (exact) mass is 441 g/mol. The van der Waals surface area contributed by atoms with Crippen LogP contribution in [0.5, 0.6) is 0 Å². The molecule has 5 rings (SSSR count). The summed E-state index contributed by atoms with van der Waals surface area (Å²) in [5.74, 6) is 1.55. The Morgan fingerprint density at radius 3 is 2.74 bits per heavy atom. The quantitative estimate of drug-likeness (QED) is 0.557. The largest absolute Gasteiger partial charge is 0.376 e. The zero-order valence-corrected chi connectivity index (χ0v) is 19.2. The first-order valence-electron chi connectivity index (χ1n) is 11.4. The van der Waals surface area contributed by atoms with E-state index in [-0.39, 0.29) is 12.1 Å². The van der Waals surface area contributed by atoms with Crippen molar-refractivity contribution in [3.63, 3.8) is 0 Å². The van der Waals surface area contributed by atoms with Crippen LogP contribution in [0.25, 0.3) is 10.2 Å². The highest BCUT2D eigenvalue weighted by Crippen LogP contribution is 2.32. The smallest absolute Gasteiger partial charge is 0.186 e. The molecule has 0 spiro atoms. The molecule has 9 heteroatoms. The molecule has 3 aromatic rings. The highest BCUT2D eigenvalue weighted by molar-refractivity contribution is 7.22. The van der Waals surface area contributed by atoms with Crippen LogP contribution in [0.3, 0.4) is 0 Å². The van der Waals surface area contributed by atoms with E-state index in [0.29, 0.717) is 5.92 Å². The van der Waals surface area contributed by atoms with Crippen LogP contribution < -0.4 is 4.90 Å². The van der Waals surface area contributed by atoms with E-state index < -0.39 is 0 Å². The molecule has 166 valence electrons. The fourth-order valence-electron chi connectivity index (χ4n) is 4.65. The van der Waals surface area contributed by atoms with Crippen molar-refractivity contribution in [2.24, 2.45) is 5.92 Å². The average molecular weight is 442 g/mol. The van der Waals surface area contributed by atoms with Crippen molar-refractivity contribution in [1.29, 1.82) is 0 Å².